The third kappa shape index (κ3) is 6.98. The van der Waals surface area contributed by atoms with Gasteiger partial charge in [-0.15, -0.1) is 0 Å². The van der Waals surface area contributed by atoms with Gasteiger partial charge in [0.05, 0.1) is 34.1 Å². The Morgan fingerprint density at radius 1 is 1.22 bits per heavy atom. The first kappa shape index (κ1) is 26.2. The topological polar surface area (TPSA) is 89.0 Å². The number of carbonyl (C=O) groups excluding carboxylic acids is 2. The quantitative estimate of drug-likeness (QED) is 0.246. The third-order valence-corrected chi connectivity index (χ3v) is 5.69. The van der Waals surface area contributed by atoms with E-state index in [1.807, 2.05) is 26.8 Å². The molecule has 2 amide bonds. The van der Waals surface area contributed by atoms with Crippen LogP contribution >= 0.6 is 45.8 Å². The van der Waals surface area contributed by atoms with Crippen LogP contribution in [0.25, 0.3) is 0 Å². The van der Waals surface area contributed by atoms with Gasteiger partial charge in [0.2, 0.25) is 0 Å². The lowest BCUT2D eigenvalue weighted by molar-refractivity contribution is -0.123. The molecule has 2 aromatic rings. The summed E-state index contributed by atoms with van der Waals surface area (Å²) < 4.78 is 11.8. The highest BCUT2D eigenvalue weighted by Gasteiger charge is 2.25. The van der Waals surface area contributed by atoms with Crippen molar-refractivity contribution in [1.82, 2.24) is 10.7 Å². The van der Waals surface area contributed by atoms with Crippen LogP contribution in [-0.4, -0.2) is 37.8 Å². The average Bonchev–Trinajstić information content (AvgIpc) is 2.73. The summed E-state index contributed by atoms with van der Waals surface area (Å²) in [5.41, 5.74) is 3.42. The molecule has 2 aromatic carbocycles. The van der Waals surface area contributed by atoms with Crippen LogP contribution in [0, 0.1) is 9.49 Å². The van der Waals surface area contributed by atoms with Crippen LogP contribution in [0.1, 0.15) is 36.7 Å². The molecule has 32 heavy (non-hydrogen) atoms. The van der Waals surface area contributed by atoms with Crippen molar-refractivity contribution in [2.45, 2.75) is 26.8 Å². The third-order valence-electron chi connectivity index (χ3n) is 4.34. The minimum absolute atomic E-state index is 0.188. The van der Waals surface area contributed by atoms with E-state index in [0.29, 0.717) is 28.7 Å². The van der Waals surface area contributed by atoms with Crippen molar-refractivity contribution in [3.05, 3.63) is 55.1 Å². The van der Waals surface area contributed by atoms with Gasteiger partial charge in [-0.1, -0.05) is 37.0 Å². The SMILES string of the molecule is CCOc1c(I)cc(C=NNC(=O)C(NC(=O)c2ccc(Cl)cc2Cl)C(C)C)cc1OC. The van der Waals surface area contributed by atoms with Crippen LogP contribution in [0.2, 0.25) is 10.0 Å². The summed E-state index contributed by atoms with van der Waals surface area (Å²) in [6.07, 6.45) is 1.49. The van der Waals surface area contributed by atoms with Gasteiger partial charge in [0.1, 0.15) is 6.04 Å². The molecule has 0 aliphatic heterocycles. The molecule has 0 radical (unpaired) electrons. The Balaban J connectivity index is 2.11. The number of carbonyl (C=O) groups is 2. The van der Waals surface area contributed by atoms with Crippen molar-refractivity contribution in [2.24, 2.45) is 11.0 Å². The van der Waals surface area contributed by atoms with Crippen LogP contribution in [0.15, 0.2) is 35.4 Å². The number of rotatable bonds is 9. The fourth-order valence-corrected chi connectivity index (χ4v) is 4.04. The Bertz CT molecular complexity index is 1010. The second-order valence-electron chi connectivity index (χ2n) is 7.02. The highest BCUT2D eigenvalue weighted by Crippen LogP contribution is 2.33. The smallest absolute Gasteiger partial charge is 0.262 e. The molecular weight excluding hydrogens is 568 g/mol. The maximum Gasteiger partial charge on any atom is 0.262 e. The van der Waals surface area contributed by atoms with Crippen molar-refractivity contribution in [3.63, 3.8) is 0 Å². The van der Waals surface area contributed by atoms with Gasteiger partial charge in [-0.2, -0.15) is 5.10 Å². The molecule has 0 fully saturated rings. The first-order valence-electron chi connectivity index (χ1n) is 9.77. The first-order chi connectivity index (χ1) is 15.2. The number of methoxy groups -OCH3 is 1. The molecule has 1 atom stereocenters. The number of hydrogen-bond acceptors (Lipinski definition) is 5. The van der Waals surface area contributed by atoms with E-state index >= 15 is 0 Å². The molecule has 0 heterocycles. The zero-order chi connectivity index (χ0) is 23.8. The van der Waals surface area contributed by atoms with Gasteiger partial charge in [-0.3, -0.25) is 9.59 Å². The minimum Gasteiger partial charge on any atom is -0.493 e. The standard InChI is InChI=1S/C22H24Cl2IN3O4/c1-5-32-20-17(25)8-13(9-18(20)31-4)11-26-28-22(30)19(12(2)3)27-21(29)15-7-6-14(23)10-16(15)24/h6-12,19H,5H2,1-4H3,(H,27,29)(H,28,30). The molecule has 0 aliphatic carbocycles. The number of nitrogens with zero attached hydrogens (tertiary/aromatic N) is 1. The number of amides is 2. The summed E-state index contributed by atoms with van der Waals surface area (Å²) in [4.78, 5) is 25.3. The van der Waals surface area contributed by atoms with Gasteiger partial charge in [-0.25, -0.2) is 5.43 Å². The molecule has 0 saturated heterocycles. The molecule has 1 unspecified atom stereocenters. The van der Waals surface area contributed by atoms with E-state index in [1.165, 1.54) is 18.3 Å². The lowest BCUT2D eigenvalue weighted by Gasteiger charge is -2.20. The van der Waals surface area contributed by atoms with Crippen LogP contribution in [-0.2, 0) is 4.79 Å². The predicted octanol–water partition coefficient (Wildman–Crippen LogP) is 4.91. The zero-order valence-corrected chi connectivity index (χ0v) is 21.7. The van der Waals surface area contributed by atoms with Gasteiger partial charge in [0, 0.05) is 5.02 Å². The van der Waals surface area contributed by atoms with Gasteiger partial charge < -0.3 is 14.8 Å². The van der Waals surface area contributed by atoms with Crippen molar-refractivity contribution < 1.29 is 19.1 Å². The first-order valence-corrected chi connectivity index (χ1v) is 11.6. The van der Waals surface area contributed by atoms with E-state index in [4.69, 9.17) is 32.7 Å². The van der Waals surface area contributed by atoms with E-state index in [0.717, 1.165) is 3.57 Å². The minimum atomic E-state index is -0.818. The molecule has 2 N–H and O–H groups in total. The molecule has 0 aromatic heterocycles. The summed E-state index contributed by atoms with van der Waals surface area (Å²) in [7, 11) is 1.56. The summed E-state index contributed by atoms with van der Waals surface area (Å²) in [6.45, 7) is 6.04. The highest BCUT2D eigenvalue weighted by molar-refractivity contribution is 14.1. The van der Waals surface area contributed by atoms with Gasteiger partial charge >= 0.3 is 0 Å². The second-order valence-corrected chi connectivity index (χ2v) is 9.03. The van der Waals surface area contributed by atoms with Gasteiger partial charge in [0.25, 0.3) is 11.8 Å². The summed E-state index contributed by atoms with van der Waals surface area (Å²) >= 11 is 14.1. The van der Waals surface area contributed by atoms with E-state index < -0.39 is 17.9 Å². The summed E-state index contributed by atoms with van der Waals surface area (Å²) in [6, 6.07) is 7.33. The second kappa shape index (κ2) is 12.3. The highest BCUT2D eigenvalue weighted by atomic mass is 127. The molecule has 0 spiro atoms. The summed E-state index contributed by atoms with van der Waals surface area (Å²) in [5, 5.41) is 7.35. The largest absolute Gasteiger partial charge is 0.493 e. The normalized spacial score (nSPS) is 12.0. The van der Waals surface area contributed by atoms with Crippen molar-refractivity contribution in [1.29, 1.82) is 0 Å². The molecule has 7 nitrogen and oxygen atoms in total. The molecule has 172 valence electrons. The molecule has 10 heteroatoms. The van der Waals surface area contributed by atoms with Gasteiger partial charge in [-0.05, 0) is 71.3 Å². The maximum atomic E-state index is 12.7. The number of halogens is 3. The van der Waals surface area contributed by atoms with Crippen LogP contribution < -0.4 is 20.2 Å². The Morgan fingerprint density at radius 3 is 2.53 bits per heavy atom. The van der Waals surface area contributed by atoms with Crippen LogP contribution in [0.5, 0.6) is 11.5 Å². The number of nitrogens with one attached hydrogen (secondary N) is 2. The molecule has 0 saturated carbocycles. The van der Waals surface area contributed by atoms with E-state index in [9.17, 15) is 9.59 Å². The Morgan fingerprint density at radius 2 is 1.94 bits per heavy atom. The van der Waals surface area contributed by atoms with E-state index in [-0.39, 0.29) is 16.5 Å². The maximum absolute atomic E-state index is 12.7. The van der Waals surface area contributed by atoms with Crippen molar-refractivity contribution in [2.75, 3.05) is 13.7 Å². The number of benzene rings is 2. The number of hydrazone groups is 1. The Hall–Kier alpha value is -2.04. The number of hydrogen-bond donors (Lipinski definition) is 2. The molecule has 2 rings (SSSR count). The number of ether oxygens (including phenoxy) is 2. The Kier molecular flexibility index (Phi) is 10.0. The fourth-order valence-electron chi connectivity index (χ4n) is 2.77. The predicted molar refractivity (Wildman–Crippen MR) is 135 cm³/mol. The monoisotopic (exact) mass is 591 g/mol. The van der Waals surface area contributed by atoms with Gasteiger partial charge in [0.15, 0.2) is 11.5 Å². The zero-order valence-electron chi connectivity index (χ0n) is 18.0. The van der Waals surface area contributed by atoms with Crippen LogP contribution in [0.4, 0.5) is 0 Å². The molecule has 0 bridgehead atoms. The fraction of sp³-hybridized carbons (Fsp3) is 0.318. The van der Waals surface area contributed by atoms with E-state index in [2.05, 4.69) is 38.4 Å². The van der Waals surface area contributed by atoms with Crippen LogP contribution in [0.3, 0.4) is 0 Å². The average molecular weight is 592 g/mol. The van der Waals surface area contributed by atoms with E-state index in [1.54, 1.807) is 19.2 Å². The molecule has 0 aliphatic rings. The molecular formula is C22H24Cl2IN3O4. The lowest BCUT2D eigenvalue weighted by Crippen LogP contribution is -2.48. The summed E-state index contributed by atoms with van der Waals surface area (Å²) in [5.74, 6) is 0.100. The van der Waals surface area contributed by atoms with Crippen molar-refractivity contribution in [3.8, 4) is 11.5 Å². The lowest BCUT2D eigenvalue weighted by atomic mass is 10.0. The van der Waals surface area contributed by atoms with Crippen molar-refractivity contribution >= 4 is 63.8 Å². The Labute approximate surface area is 211 Å².